The molecule has 0 aromatic carbocycles. The Morgan fingerprint density at radius 1 is 1.00 bits per heavy atom. The first-order chi connectivity index (χ1) is 8.97. The van der Waals surface area contributed by atoms with Crippen molar-refractivity contribution < 1.29 is 0 Å². The van der Waals surface area contributed by atoms with Crippen molar-refractivity contribution >= 4 is 17.3 Å². The summed E-state index contributed by atoms with van der Waals surface area (Å²) in [6.07, 6.45) is 9.27. The van der Waals surface area contributed by atoms with Gasteiger partial charge in [0.1, 0.15) is 0 Å². The van der Waals surface area contributed by atoms with Crippen LogP contribution in [0.3, 0.4) is 0 Å². The Hall–Kier alpha value is -0.310. The van der Waals surface area contributed by atoms with Crippen molar-refractivity contribution in [2.75, 3.05) is 13.1 Å². The van der Waals surface area contributed by atoms with Crippen molar-refractivity contribution in [3.05, 3.63) is 0 Å². The Kier molecular flexibility index (Phi) is 5.10. The van der Waals surface area contributed by atoms with E-state index in [2.05, 4.69) is 31.0 Å². The second-order valence-electron chi connectivity index (χ2n) is 7.41. The zero-order valence-corrected chi connectivity index (χ0v) is 13.7. The van der Waals surface area contributed by atoms with Crippen molar-refractivity contribution in [3.63, 3.8) is 0 Å². The minimum Gasteiger partial charge on any atom is -0.360 e. The van der Waals surface area contributed by atoms with E-state index in [0.29, 0.717) is 11.5 Å². The van der Waals surface area contributed by atoms with E-state index in [1.54, 1.807) is 0 Å². The average molecular weight is 282 g/mol. The van der Waals surface area contributed by atoms with Crippen LogP contribution in [0.4, 0.5) is 0 Å². The maximum Gasteiger partial charge on any atom is 0.169 e. The third-order valence-corrected chi connectivity index (χ3v) is 5.30. The van der Waals surface area contributed by atoms with E-state index < -0.39 is 0 Å². The summed E-state index contributed by atoms with van der Waals surface area (Å²) in [4.78, 5) is 2.42. The minimum atomic E-state index is 0.441. The average Bonchev–Trinajstić information content (AvgIpc) is 2.69. The second-order valence-corrected chi connectivity index (χ2v) is 7.80. The molecule has 1 saturated carbocycles. The van der Waals surface area contributed by atoms with Gasteiger partial charge in [0.15, 0.2) is 5.11 Å². The van der Waals surface area contributed by atoms with Crippen LogP contribution in [0.25, 0.3) is 0 Å². The molecule has 3 heteroatoms. The number of nitrogens with one attached hydrogen (secondary N) is 1. The topological polar surface area (TPSA) is 15.3 Å². The summed E-state index contributed by atoms with van der Waals surface area (Å²) in [6.45, 7) is 9.42. The first-order valence-corrected chi connectivity index (χ1v) is 8.43. The molecule has 0 radical (unpaired) electrons. The van der Waals surface area contributed by atoms with Crippen LogP contribution in [0, 0.1) is 11.3 Å². The predicted octanol–water partition coefficient (Wildman–Crippen LogP) is 3.95. The lowest BCUT2D eigenvalue weighted by molar-refractivity contribution is 0.216. The maximum atomic E-state index is 5.62. The normalized spacial score (nSPS) is 26.3. The third kappa shape index (κ3) is 4.34. The number of likely N-dealkylation sites (tertiary alicyclic amines) is 1. The molecule has 110 valence electrons. The van der Waals surface area contributed by atoms with Gasteiger partial charge in [0.05, 0.1) is 0 Å². The van der Waals surface area contributed by atoms with Crippen molar-refractivity contribution in [1.82, 2.24) is 10.2 Å². The van der Waals surface area contributed by atoms with Gasteiger partial charge < -0.3 is 10.2 Å². The van der Waals surface area contributed by atoms with Crippen molar-refractivity contribution in [2.24, 2.45) is 11.3 Å². The molecule has 0 amide bonds. The van der Waals surface area contributed by atoms with Crippen molar-refractivity contribution in [1.29, 1.82) is 0 Å². The molecule has 2 nitrogen and oxygen atoms in total. The molecular weight excluding hydrogens is 252 g/mol. The summed E-state index contributed by atoms with van der Waals surface area (Å²) < 4.78 is 0. The highest BCUT2D eigenvalue weighted by Crippen LogP contribution is 2.34. The van der Waals surface area contributed by atoms with E-state index in [9.17, 15) is 0 Å². The number of nitrogens with zero attached hydrogens (tertiary/aromatic N) is 1. The van der Waals surface area contributed by atoms with Gasteiger partial charge >= 0.3 is 0 Å². The molecule has 1 N–H and O–H groups in total. The van der Waals surface area contributed by atoms with E-state index in [-0.39, 0.29) is 0 Å². The van der Waals surface area contributed by atoms with E-state index >= 15 is 0 Å². The fraction of sp³-hybridized carbons (Fsp3) is 0.938. The molecule has 1 saturated heterocycles. The predicted molar refractivity (Wildman–Crippen MR) is 86.4 cm³/mol. The van der Waals surface area contributed by atoms with Crippen LogP contribution in [-0.2, 0) is 0 Å². The molecule has 1 atom stereocenters. The number of rotatable bonds is 1. The van der Waals surface area contributed by atoms with Gasteiger partial charge in [-0.25, -0.2) is 0 Å². The Balaban J connectivity index is 1.82. The Labute approximate surface area is 124 Å². The van der Waals surface area contributed by atoms with Gasteiger partial charge in [0, 0.05) is 19.1 Å². The van der Waals surface area contributed by atoms with Crippen LogP contribution in [0.2, 0.25) is 0 Å². The van der Waals surface area contributed by atoms with Crippen LogP contribution < -0.4 is 5.32 Å². The maximum absolute atomic E-state index is 5.62. The van der Waals surface area contributed by atoms with Gasteiger partial charge in [0.25, 0.3) is 0 Å². The van der Waals surface area contributed by atoms with Gasteiger partial charge in [-0.1, -0.05) is 33.6 Å². The van der Waals surface area contributed by atoms with Gasteiger partial charge in [0.2, 0.25) is 0 Å². The van der Waals surface area contributed by atoms with E-state index in [4.69, 9.17) is 12.2 Å². The molecule has 2 fully saturated rings. The Bertz CT molecular complexity index is 302. The fourth-order valence-electron chi connectivity index (χ4n) is 3.50. The van der Waals surface area contributed by atoms with Gasteiger partial charge in [-0.3, -0.25) is 0 Å². The fourth-order valence-corrected chi connectivity index (χ4v) is 3.85. The Morgan fingerprint density at radius 2 is 1.68 bits per heavy atom. The summed E-state index contributed by atoms with van der Waals surface area (Å²) in [7, 11) is 0. The first kappa shape index (κ1) is 15.1. The van der Waals surface area contributed by atoms with Crippen molar-refractivity contribution in [2.45, 2.75) is 71.8 Å². The monoisotopic (exact) mass is 282 g/mol. The molecule has 1 unspecified atom stereocenters. The summed E-state index contributed by atoms with van der Waals surface area (Å²) >= 11 is 5.62. The van der Waals surface area contributed by atoms with Gasteiger partial charge in [-0.05, 0) is 55.7 Å². The SMILES string of the molecule is CC(C)(C)C1CCCN(C(=S)NC2CCCC2)CC1. The molecule has 1 heterocycles. The van der Waals surface area contributed by atoms with Crippen LogP contribution >= 0.6 is 12.2 Å². The zero-order chi connectivity index (χ0) is 13.9. The smallest absolute Gasteiger partial charge is 0.169 e. The van der Waals surface area contributed by atoms with Crippen molar-refractivity contribution in [3.8, 4) is 0 Å². The molecule has 1 aliphatic carbocycles. The van der Waals surface area contributed by atoms with Crippen LogP contribution in [0.15, 0.2) is 0 Å². The highest BCUT2D eigenvalue weighted by Gasteiger charge is 2.28. The number of hydrogen-bond donors (Lipinski definition) is 1. The Morgan fingerprint density at radius 3 is 2.32 bits per heavy atom. The molecule has 0 aromatic rings. The lowest BCUT2D eigenvalue weighted by Crippen LogP contribution is -2.44. The van der Waals surface area contributed by atoms with Gasteiger partial charge in [-0.15, -0.1) is 0 Å². The standard InChI is InChI=1S/C16H30N2S/c1-16(2,3)13-7-6-11-18(12-10-13)15(19)17-14-8-4-5-9-14/h13-14H,4-12H2,1-3H3,(H,17,19). The van der Waals surface area contributed by atoms with E-state index in [0.717, 1.165) is 24.1 Å². The molecule has 19 heavy (non-hydrogen) atoms. The van der Waals surface area contributed by atoms with Crippen LogP contribution in [-0.4, -0.2) is 29.1 Å². The summed E-state index contributed by atoms with van der Waals surface area (Å²) in [5, 5.41) is 4.60. The largest absolute Gasteiger partial charge is 0.360 e. The highest BCUT2D eigenvalue weighted by atomic mass is 32.1. The zero-order valence-electron chi connectivity index (χ0n) is 12.9. The summed E-state index contributed by atoms with van der Waals surface area (Å²) in [5.74, 6) is 0.840. The quantitative estimate of drug-likeness (QED) is 0.733. The lowest BCUT2D eigenvalue weighted by atomic mass is 9.77. The van der Waals surface area contributed by atoms with Gasteiger partial charge in [-0.2, -0.15) is 0 Å². The summed E-state index contributed by atoms with van der Waals surface area (Å²) in [6, 6.07) is 0.647. The molecular formula is C16H30N2S. The van der Waals surface area contributed by atoms with E-state index in [1.807, 2.05) is 0 Å². The molecule has 2 aliphatic rings. The molecule has 0 spiro atoms. The third-order valence-electron chi connectivity index (χ3n) is 4.92. The molecule has 0 bridgehead atoms. The lowest BCUT2D eigenvalue weighted by Gasteiger charge is -2.30. The van der Waals surface area contributed by atoms with Crippen LogP contribution in [0.5, 0.6) is 0 Å². The number of thiocarbonyl (C=S) groups is 1. The highest BCUT2D eigenvalue weighted by molar-refractivity contribution is 7.80. The van der Waals surface area contributed by atoms with E-state index in [1.165, 1.54) is 44.9 Å². The molecule has 0 aromatic heterocycles. The van der Waals surface area contributed by atoms with Crippen LogP contribution in [0.1, 0.15) is 65.7 Å². The molecule has 2 rings (SSSR count). The minimum absolute atomic E-state index is 0.441. The first-order valence-electron chi connectivity index (χ1n) is 8.02. The summed E-state index contributed by atoms with van der Waals surface area (Å²) in [5.41, 5.74) is 0.441. The second kappa shape index (κ2) is 6.43. The molecule has 1 aliphatic heterocycles. The number of hydrogen-bond acceptors (Lipinski definition) is 1.